The highest BCUT2D eigenvalue weighted by molar-refractivity contribution is 8.00. The molecule has 0 atom stereocenters. The molecule has 3 aromatic rings. The lowest BCUT2D eigenvalue weighted by molar-refractivity contribution is 0.0992. The van der Waals surface area contributed by atoms with Gasteiger partial charge >= 0.3 is 5.63 Å². The average Bonchev–Trinajstić information content (AvgIpc) is 3.05. The highest BCUT2D eigenvalue weighted by Crippen LogP contribution is 2.25. The predicted octanol–water partition coefficient (Wildman–Crippen LogP) is 3.44. The van der Waals surface area contributed by atoms with Gasteiger partial charge in [-0.25, -0.2) is 4.79 Å². The minimum Gasteiger partial charge on any atom is -0.417 e. The maximum atomic E-state index is 12.3. The van der Waals surface area contributed by atoms with Gasteiger partial charge in [0.1, 0.15) is 0 Å². The number of thioether (sulfide) groups is 1. The van der Waals surface area contributed by atoms with E-state index < -0.39 is 11.5 Å². The van der Waals surface area contributed by atoms with Crippen molar-refractivity contribution < 1.29 is 9.21 Å². The SMILES string of the molecule is CSc1nnc(NC(=O)c2cc(-c3ccccc3)c(C)c(=O)o2)s1. The third-order valence-corrected chi connectivity index (χ3v) is 5.11. The molecular formula is C16H13N3O3S2. The van der Waals surface area contributed by atoms with E-state index in [1.54, 1.807) is 13.0 Å². The molecule has 0 saturated heterocycles. The van der Waals surface area contributed by atoms with Crippen LogP contribution in [0.3, 0.4) is 0 Å². The molecule has 1 N–H and O–H groups in total. The number of nitrogens with zero attached hydrogens (tertiary/aromatic N) is 2. The minimum atomic E-state index is -0.538. The number of hydrogen-bond acceptors (Lipinski definition) is 7. The maximum absolute atomic E-state index is 12.3. The number of amides is 1. The Bertz CT molecular complexity index is 935. The zero-order chi connectivity index (χ0) is 17.1. The van der Waals surface area contributed by atoms with Crippen LogP contribution in [0.25, 0.3) is 11.1 Å². The highest BCUT2D eigenvalue weighted by Gasteiger charge is 2.17. The van der Waals surface area contributed by atoms with E-state index in [0.717, 1.165) is 9.90 Å². The van der Waals surface area contributed by atoms with Crippen LogP contribution < -0.4 is 10.9 Å². The van der Waals surface area contributed by atoms with Gasteiger partial charge in [0, 0.05) is 5.56 Å². The highest BCUT2D eigenvalue weighted by atomic mass is 32.2. The standard InChI is InChI=1S/C16H13N3O3S2/c1-9-11(10-6-4-3-5-7-10)8-12(22-14(9)21)13(20)17-15-18-19-16(23-2)24-15/h3-8H,1-2H3,(H,17,18,20). The number of carbonyl (C=O) groups excluding carboxylic acids is 1. The van der Waals surface area contributed by atoms with Crippen molar-refractivity contribution in [2.24, 2.45) is 0 Å². The van der Waals surface area contributed by atoms with Crippen LogP contribution in [0.4, 0.5) is 5.13 Å². The third-order valence-electron chi connectivity index (χ3n) is 3.30. The molecule has 0 aliphatic heterocycles. The van der Waals surface area contributed by atoms with E-state index in [1.165, 1.54) is 23.1 Å². The lowest BCUT2D eigenvalue weighted by atomic mass is 10.0. The maximum Gasteiger partial charge on any atom is 0.339 e. The van der Waals surface area contributed by atoms with E-state index in [9.17, 15) is 9.59 Å². The lowest BCUT2D eigenvalue weighted by Gasteiger charge is -2.07. The summed E-state index contributed by atoms with van der Waals surface area (Å²) in [4.78, 5) is 24.4. The van der Waals surface area contributed by atoms with Crippen molar-refractivity contribution in [1.82, 2.24) is 10.2 Å². The van der Waals surface area contributed by atoms with Crippen LogP contribution in [0, 0.1) is 6.92 Å². The van der Waals surface area contributed by atoms with Crippen LogP contribution in [0.1, 0.15) is 16.1 Å². The second-order valence-electron chi connectivity index (χ2n) is 4.83. The number of hydrogen-bond donors (Lipinski definition) is 1. The summed E-state index contributed by atoms with van der Waals surface area (Å²) in [6.45, 7) is 1.67. The van der Waals surface area contributed by atoms with Gasteiger partial charge in [0.25, 0.3) is 5.91 Å². The Labute approximate surface area is 145 Å². The number of benzene rings is 1. The minimum absolute atomic E-state index is 0.0645. The number of carbonyl (C=O) groups is 1. The molecule has 3 rings (SSSR count). The van der Waals surface area contributed by atoms with Gasteiger partial charge in [-0.15, -0.1) is 10.2 Å². The molecule has 0 fully saturated rings. The summed E-state index contributed by atoms with van der Waals surface area (Å²) in [6.07, 6.45) is 1.87. The van der Waals surface area contributed by atoms with Crippen molar-refractivity contribution in [3.05, 3.63) is 58.1 Å². The van der Waals surface area contributed by atoms with Gasteiger partial charge in [0.2, 0.25) is 5.13 Å². The molecule has 8 heteroatoms. The Hall–Kier alpha value is -2.45. The molecule has 2 aromatic heterocycles. The molecule has 1 aromatic carbocycles. The molecular weight excluding hydrogens is 346 g/mol. The molecule has 0 spiro atoms. The second kappa shape index (κ2) is 6.98. The Morgan fingerprint density at radius 3 is 2.67 bits per heavy atom. The van der Waals surface area contributed by atoms with E-state index in [0.29, 0.717) is 16.3 Å². The van der Waals surface area contributed by atoms with Crippen molar-refractivity contribution in [2.75, 3.05) is 11.6 Å². The number of anilines is 1. The van der Waals surface area contributed by atoms with Gasteiger partial charge in [-0.2, -0.15) is 0 Å². The van der Waals surface area contributed by atoms with Crippen LogP contribution in [0.15, 0.2) is 49.9 Å². The van der Waals surface area contributed by atoms with Crippen molar-refractivity contribution >= 4 is 34.1 Å². The van der Waals surface area contributed by atoms with Crippen molar-refractivity contribution in [1.29, 1.82) is 0 Å². The topological polar surface area (TPSA) is 85.1 Å². The summed E-state index contributed by atoms with van der Waals surface area (Å²) < 4.78 is 5.86. The Morgan fingerprint density at radius 1 is 1.25 bits per heavy atom. The summed E-state index contributed by atoms with van der Waals surface area (Å²) in [5, 5.41) is 10.7. The fraction of sp³-hybridized carbons (Fsp3) is 0.125. The molecule has 0 saturated carbocycles. The number of rotatable bonds is 4. The van der Waals surface area contributed by atoms with Crippen molar-refractivity contribution in [2.45, 2.75) is 11.3 Å². The van der Waals surface area contributed by atoms with Crippen molar-refractivity contribution in [3.63, 3.8) is 0 Å². The summed E-state index contributed by atoms with van der Waals surface area (Å²) in [6, 6.07) is 10.9. The molecule has 24 heavy (non-hydrogen) atoms. The van der Waals surface area contributed by atoms with Crippen LogP contribution in [-0.2, 0) is 0 Å². The Morgan fingerprint density at radius 2 is 2.00 bits per heavy atom. The quantitative estimate of drug-likeness (QED) is 0.567. The fourth-order valence-electron chi connectivity index (χ4n) is 2.09. The molecule has 122 valence electrons. The monoisotopic (exact) mass is 359 g/mol. The first-order valence-corrected chi connectivity index (χ1v) is 9.01. The molecule has 0 bridgehead atoms. The number of aromatic nitrogens is 2. The van der Waals surface area contributed by atoms with Crippen LogP contribution in [0.5, 0.6) is 0 Å². The summed E-state index contributed by atoms with van der Waals surface area (Å²) >= 11 is 2.69. The molecule has 6 nitrogen and oxygen atoms in total. The summed E-state index contributed by atoms with van der Waals surface area (Å²) in [5.74, 6) is -0.599. The summed E-state index contributed by atoms with van der Waals surface area (Å²) in [7, 11) is 0. The first-order valence-electron chi connectivity index (χ1n) is 6.97. The van der Waals surface area contributed by atoms with Crippen LogP contribution >= 0.6 is 23.1 Å². The van der Waals surface area contributed by atoms with Gasteiger partial charge in [-0.1, -0.05) is 53.4 Å². The normalized spacial score (nSPS) is 10.6. The first kappa shape index (κ1) is 16.4. The van der Waals surface area contributed by atoms with E-state index in [4.69, 9.17) is 4.42 Å². The van der Waals surface area contributed by atoms with E-state index in [-0.39, 0.29) is 5.76 Å². The Kier molecular flexibility index (Phi) is 4.77. The smallest absolute Gasteiger partial charge is 0.339 e. The Balaban J connectivity index is 1.95. The van der Waals surface area contributed by atoms with E-state index in [2.05, 4.69) is 15.5 Å². The molecule has 0 radical (unpaired) electrons. The molecule has 1 amide bonds. The number of nitrogens with one attached hydrogen (secondary N) is 1. The summed E-state index contributed by atoms with van der Waals surface area (Å²) in [5.41, 5.74) is 1.43. The van der Waals surface area contributed by atoms with Crippen molar-refractivity contribution in [3.8, 4) is 11.1 Å². The van der Waals surface area contributed by atoms with Crippen LogP contribution in [-0.4, -0.2) is 22.4 Å². The van der Waals surface area contributed by atoms with Gasteiger partial charge in [0.05, 0.1) is 0 Å². The first-order chi connectivity index (χ1) is 11.6. The van der Waals surface area contributed by atoms with E-state index in [1.807, 2.05) is 36.6 Å². The van der Waals surface area contributed by atoms with E-state index >= 15 is 0 Å². The second-order valence-corrected chi connectivity index (χ2v) is 6.87. The fourth-order valence-corrected chi connectivity index (χ4v) is 3.25. The van der Waals surface area contributed by atoms with Crippen LogP contribution in [0.2, 0.25) is 0 Å². The molecule has 0 unspecified atom stereocenters. The third kappa shape index (κ3) is 3.39. The zero-order valence-corrected chi connectivity index (χ0v) is 14.5. The molecule has 2 heterocycles. The predicted molar refractivity (Wildman–Crippen MR) is 94.8 cm³/mol. The largest absolute Gasteiger partial charge is 0.417 e. The molecule has 0 aliphatic carbocycles. The van der Waals surface area contributed by atoms with Gasteiger partial charge in [0.15, 0.2) is 10.1 Å². The van der Waals surface area contributed by atoms with Gasteiger partial charge < -0.3 is 4.42 Å². The lowest BCUT2D eigenvalue weighted by Crippen LogP contribution is -2.16. The van der Waals surface area contributed by atoms with Gasteiger partial charge in [-0.3, -0.25) is 10.1 Å². The van der Waals surface area contributed by atoms with Gasteiger partial charge in [-0.05, 0) is 30.4 Å². The average molecular weight is 359 g/mol. The molecule has 0 aliphatic rings. The zero-order valence-electron chi connectivity index (χ0n) is 12.9.